The molecular formula is C8H12N4O5S. The zero-order valence-corrected chi connectivity index (χ0v) is 10.7. The van der Waals surface area contributed by atoms with Crippen molar-refractivity contribution in [3.05, 3.63) is 6.07 Å². The van der Waals surface area contributed by atoms with Crippen LogP contribution >= 0.6 is 0 Å². The lowest BCUT2D eigenvalue weighted by Gasteiger charge is -2.07. The van der Waals surface area contributed by atoms with Crippen LogP contribution in [-0.2, 0) is 10.0 Å². The second kappa shape index (κ2) is 5.49. The number of nitrogens with one attached hydrogen (secondary N) is 2. The summed E-state index contributed by atoms with van der Waals surface area (Å²) in [4.78, 5) is 18.8. The molecule has 0 aliphatic rings. The van der Waals surface area contributed by atoms with Crippen LogP contribution in [0.2, 0.25) is 0 Å². The van der Waals surface area contributed by atoms with E-state index in [1.165, 1.54) is 20.3 Å². The second-order valence-electron chi connectivity index (χ2n) is 3.10. The summed E-state index contributed by atoms with van der Waals surface area (Å²) in [5, 5.41) is 2.14. The Kier molecular flexibility index (Phi) is 4.26. The first-order valence-electron chi connectivity index (χ1n) is 4.60. The average molecular weight is 276 g/mol. The van der Waals surface area contributed by atoms with Gasteiger partial charge in [0.05, 0.1) is 26.5 Å². The van der Waals surface area contributed by atoms with E-state index in [9.17, 15) is 13.2 Å². The van der Waals surface area contributed by atoms with Crippen LogP contribution in [0.25, 0.3) is 0 Å². The van der Waals surface area contributed by atoms with Gasteiger partial charge in [-0.3, -0.25) is 5.32 Å². The van der Waals surface area contributed by atoms with E-state index in [1.54, 1.807) is 4.72 Å². The Hall–Kier alpha value is -2.10. The molecule has 0 aliphatic carbocycles. The molecule has 1 aromatic rings. The number of methoxy groups -OCH3 is 2. The third kappa shape index (κ3) is 4.41. The normalized spacial score (nSPS) is 10.6. The largest absolute Gasteiger partial charge is 0.481 e. The summed E-state index contributed by atoms with van der Waals surface area (Å²) in [7, 11) is -0.901. The molecule has 1 heterocycles. The van der Waals surface area contributed by atoms with Crippen molar-refractivity contribution in [2.24, 2.45) is 0 Å². The van der Waals surface area contributed by atoms with E-state index in [-0.39, 0.29) is 17.7 Å². The smallest absolute Gasteiger partial charge is 0.335 e. The van der Waals surface area contributed by atoms with Gasteiger partial charge in [0.2, 0.25) is 27.7 Å². The molecule has 2 N–H and O–H groups in total. The van der Waals surface area contributed by atoms with Crippen LogP contribution < -0.4 is 19.5 Å². The molecule has 0 fully saturated rings. The fraction of sp³-hybridized carbons (Fsp3) is 0.375. The zero-order chi connectivity index (χ0) is 13.8. The average Bonchev–Trinajstić information content (AvgIpc) is 2.25. The van der Waals surface area contributed by atoms with Crippen molar-refractivity contribution in [3.8, 4) is 11.8 Å². The van der Waals surface area contributed by atoms with Crippen molar-refractivity contribution in [1.29, 1.82) is 0 Å². The Morgan fingerprint density at radius 3 is 2.11 bits per heavy atom. The Morgan fingerprint density at radius 1 is 1.22 bits per heavy atom. The Morgan fingerprint density at radius 2 is 1.72 bits per heavy atom. The van der Waals surface area contributed by atoms with Crippen LogP contribution in [0.5, 0.6) is 11.8 Å². The van der Waals surface area contributed by atoms with Crippen LogP contribution in [0.3, 0.4) is 0 Å². The molecule has 0 aliphatic heterocycles. The number of hydrogen-bond acceptors (Lipinski definition) is 7. The van der Waals surface area contributed by atoms with E-state index in [0.29, 0.717) is 0 Å². The minimum atomic E-state index is -3.65. The number of rotatable bonds is 4. The number of sulfonamides is 1. The van der Waals surface area contributed by atoms with Crippen molar-refractivity contribution in [1.82, 2.24) is 14.7 Å². The summed E-state index contributed by atoms with van der Waals surface area (Å²) in [6, 6.07) is 0.424. The van der Waals surface area contributed by atoms with Gasteiger partial charge in [0.15, 0.2) is 0 Å². The van der Waals surface area contributed by atoms with Crippen molar-refractivity contribution in [2.45, 2.75) is 0 Å². The van der Waals surface area contributed by atoms with Crippen molar-refractivity contribution in [2.75, 3.05) is 25.8 Å². The van der Waals surface area contributed by atoms with Gasteiger partial charge in [-0.25, -0.2) is 17.9 Å². The highest BCUT2D eigenvalue weighted by Gasteiger charge is 2.12. The van der Waals surface area contributed by atoms with Crippen LogP contribution in [0, 0.1) is 0 Å². The summed E-state index contributed by atoms with van der Waals surface area (Å²) in [6.07, 6.45) is 0.847. The Balaban J connectivity index is 2.87. The molecule has 1 rings (SSSR count). The van der Waals surface area contributed by atoms with Gasteiger partial charge in [-0.05, 0) is 0 Å². The SMILES string of the molecule is COc1cc(OC)nc(NC(=O)NS(C)(=O)=O)n1. The maximum Gasteiger partial charge on any atom is 0.335 e. The Labute approximate surface area is 104 Å². The lowest BCUT2D eigenvalue weighted by Crippen LogP contribution is -2.34. The Bertz CT molecular complexity index is 522. The highest BCUT2D eigenvalue weighted by molar-refractivity contribution is 7.89. The molecule has 18 heavy (non-hydrogen) atoms. The lowest BCUT2D eigenvalue weighted by molar-refractivity contribution is 0.256. The maximum absolute atomic E-state index is 11.3. The second-order valence-corrected chi connectivity index (χ2v) is 4.85. The molecule has 1 aromatic heterocycles. The number of nitrogens with zero attached hydrogens (tertiary/aromatic N) is 2. The van der Waals surface area contributed by atoms with E-state index in [2.05, 4.69) is 15.3 Å². The number of amides is 2. The highest BCUT2D eigenvalue weighted by atomic mass is 32.2. The first-order chi connectivity index (χ1) is 8.34. The third-order valence-corrected chi connectivity index (χ3v) is 2.16. The van der Waals surface area contributed by atoms with Gasteiger partial charge < -0.3 is 9.47 Å². The molecule has 2 amide bonds. The summed E-state index contributed by atoms with van der Waals surface area (Å²) in [5.41, 5.74) is 0. The molecule has 0 atom stereocenters. The lowest BCUT2D eigenvalue weighted by atomic mass is 10.6. The monoisotopic (exact) mass is 276 g/mol. The van der Waals surface area contributed by atoms with Gasteiger partial charge >= 0.3 is 6.03 Å². The minimum Gasteiger partial charge on any atom is -0.481 e. The van der Waals surface area contributed by atoms with Crippen molar-refractivity contribution < 1.29 is 22.7 Å². The number of hydrogen-bond donors (Lipinski definition) is 2. The van der Waals surface area contributed by atoms with Crippen LogP contribution in [0.4, 0.5) is 10.7 Å². The molecular weight excluding hydrogens is 264 g/mol. The number of anilines is 1. The van der Waals surface area contributed by atoms with Gasteiger partial charge in [-0.15, -0.1) is 0 Å². The van der Waals surface area contributed by atoms with E-state index < -0.39 is 16.1 Å². The summed E-state index contributed by atoms with van der Waals surface area (Å²) < 4.78 is 33.1. The fourth-order valence-corrected chi connectivity index (χ4v) is 1.35. The molecule has 0 radical (unpaired) electrons. The number of aromatic nitrogens is 2. The predicted octanol–water partition coefficient (Wildman–Crippen LogP) is -0.425. The van der Waals surface area contributed by atoms with Crippen molar-refractivity contribution >= 4 is 22.0 Å². The molecule has 0 bridgehead atoms. The molecule has 0 unspecified atom stereocenters. The van der Waals surface area contributed by atoms with E-state index in [4.69, 9.17) is 9.47 Å². The molecule has 0 saturated heterocycles. The molecule has 0 aromatic carbocycles. The fourth-order valence-electron chi connectivity index (χ4n) is 0.964. The van der Waals surface area contributed by atoms with Gasteiger partial charge in [0.1, 0.15) is 0 Å². The number of urea groups is 1. The van der Waals surface area contributed by atoms with Gasteiger partial charge in [-0.1, -0.05) is 0 Å². The zero-order valence-electron chi connectivity index (χ0n) is 9.92. The third-order valence-electron chi connectivity index (χ3n) is 1.60. The topological polar surface area (TPSA) is 120 Å². The van der Waals surface area contributed by atoms with Crippen molar-refractivity contribution in [3.63, 3.8) is 0 Å². The van der Waals surface area contributed by atoms with E-state index in [1.807, 2.05) is 0 Å². The highest BCUT2D eigenvalue weighted by Crippen LogP contribution is 2.16. The summed E-state index contributed by atoms with van der Waals surface area (Å²) in [5.74, 6) is 0.181. The standard InChI is InChI=1S/C8H12N4O5S/c1-16-5-4-6(17-2)10-7(9-5)11-8(13)12-18(3,14)15/h4H,1-3H3,(H2,9,10,11,12,13). The van der Waals surface area contributed by atoms with Crippen LogP contribution in [0.15, 0.2) is 6.07 Å². The van der Waals surface area contributed by atoms with Crippen LogP contribution in [-0.4, -0.2) is 44.9 Å². The number of ether oxygens (including phenoxy) is 2. The summed E-state index contributed by atoms with van der Waals surface area (Å²) in [6.45, 7) is 0. The van der Waals surface area contributed by atoms with E-state index in [0.717, 1.165) is 6.26 Å². The molecule has 9 nitrogen and oxygen atoms in total. The molecule has 10 heteroatoms. The van der Waals surface area contributed by atoms with Gasteiger partial charge in [0.25, 0.3) is 0 Å². The number of carbonyl (C=O) groups is 1. The first-order valence-corrected chi connectivity index (χ1v) is 6.49. The predicted molar refractivity (Wildman–Crippen MR) is 62.1 cm³/mol. The summed E-state index contributed by atoms with van der Waals surface area (Å²) >= 11 is 0. The molecule has 0 spiro atoms. The number of carbonyl (C=O) groups excluding carboxylic acids is 1. The quantitative estimate of drug-likeness (QED) is 0.766. The first kappa shape index (κ1) is 14.0. The molecule has 0 saturated carbocycles. The van der Waals surface area contributed by atoms with Gasteiger partial charge in [0, 0.05) is 0 Å². The van der Waals surface area contributed by atoms with Crippen LogP contribution in [0.1, 0.15) is 0 Å². The van der Waals surface area contributed by atoms with Gasteiger partial charge in [-0.2, -0.15) is 9.97 Å². The van der Waals surface area contributed by atoms with E-state index >= 15 is 0 Å². The minimum absolute atomic E-state index is 0.146. The molecule has 100 valence electrons. The maximum atomic E-state index is 11.3.